The number of carbonyl (C=O) groups is 1. The van der Waals surface area contributed by atoms with Crippen molar-refractivity contribution in [2.45, 2.75) is 38.1 Å². The van der Waals surface area contributed by atoms with Crippen molar-refractivity contribution in [2.75, 3.05) is 40.3 Å². The van der Waals surface area contributed by atoms with E-state index in [1.807, 2.05) is 12.3 Å². The minimum absolute atomic E-state index is 0.164. The Morgan fingerprint density at radius 3 is 2.78 bits per heavy atom. The number of amides is 1. The number of hydrogen-bond acceptors (Lipinski definition) is 4. The highest BCUT2D eigenvalue weighted by atomic mass is 16.1. The number of carbonyl (C=O) groups excluding carboxylic acids is 1. The predicted molar refractivity (Wildman–Crippen MR) is 93.2 cm³/mol. The summed E-state index contributed by atoms with van der Waals surface area (Å²) in [4.78, 5) is 20.9. The fourth-order valence-electron chi connectivity index (χ4n) is 3.10. The van der Waals surface area contributed by atoms with Crippen molar-refractivity contribution in [3.8, 4) is 0 Å². The minimum Gasteiger partial charge on any atom is -0.354 e. The van der Waals surface area contributed by atoms with Crippen LogP contribution in [0.1, 0.15) is 43.7 Å². The van der Waals surface area contributed by atoms with Crippen LogP contribution >= 0.6 is 0 Å². The summed E-state index contributed by atoms with van der Waals surface area (Å²) in [6.07, 6.45) is 8.85. The maximum absolute atomic E-state index is 12.1. The van der Waals surface area contributed by atoms with E-state index in [1.54, 1.807) is 6.20 Å². The molecule has 5 heteroatoms. The summed E-state index contributed by atoms with van der Waals surface area (Å²) in [5.41, 5.74) is 1.20. The number of nitrogens with zero attached hydrogens (tertiary/aromatic N) is 3. The van der Waals surface area contributed by atoms with Gasteiger partial charge in [0.05, 0.1) is 6.04 Å². The average Bonchev–Trinajstić information content (AvgIpc) is 3.07. The first-order valence-electron chi connectivity index (χ1n) is 8.72. The van der Waals surface area contributed by atoms with Crippen LogP contribution in [0.4, 0.5) is 0 Å². The number of hydrogen-bond donors (Lipinski definition) is 1. The molecule has 1 aliphatic heterocycles. The second kappa shape index (κ2) is 9.63. The van der Waals surface area contributed by atoms with E-state index in [1.165, 1.54) is 18.4 Å². The predicted octanol–water partition coefficient (Wildman–Crippen LogP) is 2.07. The molecule has 1 amide bonds. The van der Waals surface area contributed by atoms with Crippen molar-refractivity contribution in [3.63, 3.8) is 0 Å². The van der Waals surface area contributed by atoms with E-state index >= 15 is 0 Å². The summed E-state index contributed by atoms with van der Waals surface area (Å²) < 4.78 is 0. The standard InChI is InChI=1S/C18H30N4O/c1-21(2)11-4-3-9-18(23)20-15-17(22-12-5-6-13-22)16-8-7-10-19-14-16/h7-8,10,14,17H,3-6,9,11-13,15H2,1-2H3,(H,20,23). The molecule has 0 bridgehead atoms. The lowest BCUT2D eigenvalue weighted by molar-refractivity contribution is -0.121. The van der Waals surface area contributed by atoms with Gasteiger partial charge in [-0.15, -0.1) is 0 Å². The number of aromatic nitrogens is 1. The van der Waals surface area contributed by atoms with Crippen LogP contribution in [0.25, 0.3) is 0 Å². The Bertz CT molecular complexity index is 457. The maximum Gasteiger partial charge on any atom is 0.220 e. The zero-order valence-corrected chi connectivity index (χ0v) is 14.5. The van der Waals surface area contributed by atoms with Gasteiger partial charge in [-0.25, -0.2) is 0 Å². The Kier molecular flexibility index (Phi) is 7.49. The van der Waals surface area contributed by atoms with Gasteiger partial charge in [0.1, 0.15) is 0 Å². The van der Waals surface area contributed by atoms with E-state index in [0.29, 0.717) is 13.0 Å². The van der Waals surface area contributed by atoms with Crippen LogP contribution in [0.15, 0.2) is 24.5 Å². The van der Waals surface area contributed by atoms with E-state index in [0.717, 1.165) is 32.5 Å². The second-order valence-corrected chi connectivity index (χ2v) is 6.61. The number of unbranched alkanes of at least 4 members (excludes halogenated alkanes) is 1. The number of pyridine rings is 1. The normalized spacial score (nSPS) is 16.7. The molecule has 2 rings (SSSR count). The summed E-state index contributed by atoms with van der Waals surface area (Å²) >= 11 is 0. The molecular weight excluding hydrogens is 288 g/mol. The fourth-order valence-corrected chi connectivity index (χ4v) is 3.10. The second-order valence-electron chi connectivity index (χ2n) is 6.61. The van der Waals surface area contributed by atoms with Crippen LogP contribution in [0.5, 0.6) is 0 Å². The molecule has 1 atom stereocenters. The maximum atomic E-state index is 12.1. The van der Waals surface area contributed by atoms with Gasteiger partial charge in [0.2, 0.25) is 5.91 Å². The summed E-state index contributed by atoms with van der Waals surface area (Å²) in [5, 5.41) is 3.12. The van der Waals surface area contributed by atoms with Gasteiger partial charge in [-0.3, -0.25) is 14.7 Å². The third kappa shape index (κ3) is 6.28. The molecule has 0 aromatic carbocycles. The van der Waals surface area contributed by atoms with Gasteiger partial charge in [0.25, 0.3) is 0 Å². The van der Waals surface area contributed by atoms with Crippen LogP contribution in [-0.4, -0.2) is 61.0 Å². The van der Waals surface area contributed by atoms with Gasteiger partial charge in [0, 0.05) is 25.4 Å². The minimum atomic E-state index is 0.164. The monoisotopic (exact) mass is 318 g/mol. The molecule has 0 spiro atoms. The zero-order chi connectivity index (χ0) is 16.5. The molecule has 0 saturated carbocycles. The Balaban J connectivity index is 1.80. The van der Waals surface area contributed by atoms with Gasteiger partial charge < -0.3 is 10.2 Å². The van der Waals surface area contributed by atoms with E-state index in [4.69, 9.17) is 0 Å². The summed E-state index contributed by atoms with van der Waals surface area (Å²) in [6, 6.07) is 4.33. The largest absolute Gasteiger partial charge is 0.354 e. The van der Waals surface area contributed by atoms with Crippen molar-refractivity contribution >= 4 is 5.91 Å². The first-order valence-corrected chi connectivity index (χ1v) is 8.72. The van der Waals surface area contributed by atoms with E-state index in [9.17, 15) is 4.79 Å². The van der Waals surface area contributed by atoms with Gasteiger partial charge >= 0.3 is 0 Å². The average molecular weight is 318 g/mol. The van der Waals surface area contributed by atoms with E-state index < -0.39 is 0 Å². The van der Waals surface area contributed by atoms with Crippen LogP contribution in [0.3, 0.4) is 0 Å². The van der Waals surface area contributed by atoms with Crippen molar-refractivity contribution in [1.82, 2.24) is 20.1 Å². The van der Waals surface area contributed by atoms with Crippen molar-refractivity contribution in [1.29, 1.82) is 0 Å². The molecule has 1 aromatic rings. The molecule has 1 N–H and O–H groups in total. The highest BCUT2D eigenvalue weighted by molar-refractivity contribution is 5.75. The molecule has 5 nitrogen and oxygen atoms in total. The fraction of sp³-hybridized carbons (Fsp3) is 0.667. The van der Waals surface area contributed by atoms with Crippen LogP contribution in [0.2, 0.25) is 0 Å². The Morgan fingerprint density at radius 2 is 2.13 bits per heavy atom. The molecule has 128 valence electrons. The number of likely N-dealkylation sites (tertiary alicyclic amines) is 1. The molecule has 2 heterocycles. The van der Waals surface area contributed by atoms with E-state index in [2.05, 4.69) is 40.3 Å². The van der Waals surface area contributed by atoms with E-state index in [-0.39, 0.29) is 11.9 Å². The summed E-state index contributed by atoms with van der Waals surface area (Å²) in [5.74, 6) is 0.164. The van der Waals surface area contributed by atoms with Gasteiger partial charge in [-0.1, -0.05) is 6.07 Å². The Labute approximate surface area is 140 Å². The smallest absolute Gasteiger partial charge is 0.220 e. The van der Waals surface area contributed by atoms with Gasteiger partial charge in [0.15, 0.2) is 0 Å². The zero-order valence-electron chi connectivity index (χ0n) is 14.5. The molecule has 23 heavy (non-hydrogen) atoms. The summed E-state index contributed by atoms with van der Waals surface area (Å²) in [7, 11) is 4.13. The molecule has 0 aliphatic carbocycles. The van der Waals surface area contributed by atoms with Crippen molar-refractivity contribution in [2.24, 2.45) is 0 Å². The molecule has 1 fully saturated rings. The van der Waals surface area contributed by atoms with Gasteiger partial charge in [-0.05, 0) is 71.0 Å². The lowest BCUT2D eigenvalue weighted by atomic mass is 10.1. The van der Waals surface area contributed by atoms with Gasteiger partial charge in [-0.2, -0.15) is 0 Å². The Morgan fingerprint density at radius 1 is 1.35 bits per heavy atom. The topological polar surface area (TPSA) is 48.5 Å². The SMILES string of the molecule is CN(C)CCCCC(=O)NCC(c1cccnc1)N1CCCC1. The highest BCUT2D eigenvalue weighted by Crippen LogP contribution is 2.23. The quantitative estimate of drug-likeness (QED) is 0.708. The Hall–Kier alpha value is -1.46. The molecule has 1 unspecified atom stereocenters. The molecule has 1 aliphatic rings. The lowest BCUT2D eigenvalue weighted by Gasteiger charge is -2.28. The summed E-state index contributed by atoms with van der Waals surface area (Å²) in [6.45, 7) is 3.94. The molecule has 0 radical (unpaired) electrons. The molecule has 1 saturated heterocycles. The van der Waals surface area contributed by atoms with Crippen LogP contribution in [-0.2, 0) is 4.79 Å². The van der Waals surface area contributed by atoms with Crippen LogP contribution in [0, 0.1) is 0 Å². The first-order chi connectivity index (χ1) is 11.2. The number of nitrogens with one attached hydrogen (secondary N) is 1. The first kappa shape index (κ1) is 17.9. The lowest BCUT2D eigenvalue weighted by Crippen LogP contribution is -2.36. The molecule has 1 aromatic heterocycles. The highest BCUT2D eigenvalue weighted by Gasteiger charge is 2.23. The number of rotatable bonds is 9. The van der Waals surface area contributed by atoms with Crippen LogP contribution < -0.4 is 5.32 Å². The third-order valence-electron chi connectivity index (χ3n) is 4.40. The van der Waals surface area contributed by atoms with Crippen molar-refractivity contribution < 1.29 is 4.79 Å². The van der Waals surface area contributed by atoms with Crippen molar-refractivity contribution in [3.05, 3.63) is 30.1 Å². The molecular formula is C18H30N4O. The third-order valence-corrected chi connectivity index (χ3v) is 4.40.